The second kappa shape index (κ2) is 6.96. The summed E-state index contributed by atoms with van der Waals surface area (Å²) in [6.45, 7) is 4.84. The molecule has 0 aliphatic rings. The highest BCUT2D eigenvalue weighted by Gasteiger charge is 2.27. The molecule has 5 nitrogen and oxygen atoms in total. The molecule has 1 aromatic rings. The van der Waals surface area contributed by atoms with E-state index in [1.54, 1.807) is 18.2 Å². The largest absolute Gasteiger partial charge is 0.496 e. The lowest BCUT2D eigenvalue weighted by molar-refractivity contribution is -0.147. The number of carbonyl (C=O) groups is 2. The second-order valence-corrected chi connectivity index (χ2v) is 4.33. The molecule has 1 rings (SSSR count). The molecule has 0 bridgehead atoms. The Labute approximate surface area is 122 Å². The molecule has 0 N–H and O–H groups in total. The van der Waals surface area contributed by atoms with Crippen molar-refractivity contribution < 1.29 is 23.8 Å². The van der Waals surface area contributed by atoms with Crippen LogP contribution in [0.5, 0.6) is 5.75 Å². The van der Waals surface area contributed by atoms with Gasteiger partial charge in [-0.05, 0) is 18.2 Å². The maximum atomic E-state index is 11.6. The van der Waals surface area contributed by atoms with E-state index in [4.69, 9.17) is 21.1 Å². The number of methoxy groups -OCH3 is 2. The van der Waals surface area contributed by atoms with Gasteiger partial charge in [0.15, 0.2) is 6.10 Å². The van der Waals surface area contributed by atoms with Gasteiger partial charge < -0.3 is 14.2 Å². The van der Waals surface area contributed by atoms with Crippen LogP contribution in [-0.2, 0) is 19.1 Å². The van der Waals surface area contributed by atoms with Crippen LogP contribution in [0.1, 0.15) is 18.6 Å². The third kappa shape index (κ3) is 3.74. The van der Waals surface area contributed by atoms with Gasteiger partial charge in [0, 0.05) is 17.5 Å². The molecule has 0 fully saturated rings. The van der Waals surface area contributed by atoms with Crippen LogP contribution in [-0.4, -0.2) is 26.2 Å². The van der Waals surface area contributed by atoms with Gasteiger partial charge in [0.25, 0.3) is 0 Å². The minimum absolute atomic E-state index is 0.0248. The topological polar surface area (TPSA) is 61.8 Å². The summed E-state index contributed by atoms with van der Waals surface area (Å²) >= 11 is 5.93. The molecule has 1 atom stereocenters. The predicted molar refractivity (Wildman–Crippen MR) is 73.7 cm³/mol. The molecule has 0 saturated carbocycles. The number of hydrogen-bond acceptors (Lipinski definition) is 5. The molecule has 0 heterocycles. The van der Waals surface area contributed by atoms with Crippen molar-refractivity contribution in [2.45, 2.75) is 13.0 Å². The summed E-state index contributed by atoms with van der Waals surface area (Å²) in [5.74, 6) is -0.828. The van der Waals surface area contributed by atoms with Gasteiger partial charge in [0.2, 0.25) is 0 Å². The van der Waals surface area contributed by atoms with Crippen molar-refractivity contribution in [1.82, 2.24) is 0 Å². The molecule has 20 heavy (non-hydrogen) atoms. The van der Waals surface area contributed by atoms with Gasteiger partial charge in [-0.2, -0.15) is 0 Å². The van der Waals surface area contributed by atoms with E-state index in [2.05, 4.69) is 11.3 Å². The Morgan fingerprint density at radius 3 is 2.45 bits per heavy atom. The summed E-state index contributed by atoms with van der Waals surface area (Å²) in [5, 5.41) is 0.413. The van der Waals surface area contributed by atoms with E-state index >= 15 is 0 Å². The number of esters is 2. The smallest absolute Gasteiger partial charge is 0.337 e. The molecular formula is C14H15ClO5. The highest BCUT2D eigenvalue weighted by atomic mass is 35.5. The Morgan fingerprint density at radius 2 is 1.95 bits per heavy atom. The van der Waals surface area contributed by atoms with E-state index in [1.165, 1.54) is 21.1 Å². The van der Waals surface area contributed by atoms with E-state index < -0.39 is 18.0 Å². The third-order valence-electron chi connectivity index (χ3n) is 2.52. The molecule has 0 aliphatic heterocycles. The Bertz CT molecular complexity index is 538. The molecule has 6 heteroatoms. The van der Waals surface area contributed by atoms with Crippen molar-refractivity contribution in [3.8, 4) is 5.75 Å². The van der Waals surface area contributed by atoms with Gasteiger partial charge in [-0.1, -0.05) is 18.2 Å². The normalized spacial score (nSPS) is 11.4. The van der Waals surface area contributed by atoms with Crippen LogP contribution >= 0.6 is 11.6 Å². The lowest BCUT2D eigenvalue weighted by Gasteiger charge is -2.20. The highest BCUT2D eigenvalue weighted by molar-refractivity contribution is 6.30. The van der Waals surface area contributed by atoms with Gasteiger partial charge in [0.1, 0.15) is 5.75 Å². The van der Waals surface area contributed by atoms with Gasteiger partial charge in [-0.25, -0.2) is 4.79 Å². The highest BCUT2D eigenvalue weighted by Crippen LogP contribution is 2.34. The van der Waals surface area contributed by atoms with Crippen molar-refractivity contribution >= 4 is 23.5 Å². The fraction of sp³-hybridized carbons (Fsp3) is 0.286. The first-order chi connectivity index (χ1) is 9.40. The molecule has 0 radical (unpaired) electrons. The molecule has 0 amide bonds. The van der Waals surface area contributed by atoms with Gasteiger partial charge in [-0.15, -0.1) is 0 Å². The summed E-state index contributed by atoms with van der Waals surface area (Å²) in [6, 6.07) is 4.77. The Kier molecular flexibility index (Phi) is 5.58. The lowest BCUT2D eigenvalue weighted by atomic mass is 10.0. The van der Waals surface area contributed by atoms with Crippen LogP contribution < -0.4 is 4.74 Å². The number of ether oxygens (including phenoxy) is 3. The fourth-order valence-electron chi connectivity index (χ4n) is 1.64. The SMILES string of the molecule is C=C(C(=O)OC)C(OC(C)=O)c1cc(Cl)ccc1OC. The quantitative estimate of drug-likeness (QED) is 0.618. The first-order valence-electron chi connectivity index (χ1n) is 5.68. The van der Waals surface area contributed by atoms with E-state index in [-0.39, 0.29) is 5.57 Å². The first-order valence-corrected chi connectivity index (χ1v) is 6.06. The van der Waals surface area contributed by atoms with E-state index in [0.717, 1.165) is 0 Å². The minimum Gasteiger partial charge on any atom is -0.496 e. The standard InChI is InChI=1S/C14H15ClO5/c1-8(14(17)19-4)13(20-9(2)16)11-7-10(15)5-6-12(11)18-3/h5-7,13H,1H2,2-4H3. The first kappa shape index (κ1) is 16.0. The maximum Gasteiger partial charge on any atom is 0.337 e. The zero-order chi connectivity index (χ0) is 15.3. The number of halogens is 1. The Hall–Kier alpha value is -2.01. The number of benzene rings is 1. The number of hydrogen-bond donors (Lipinski definition) is 0. The summed E-state index contributed by atoms with van der Waals surface area (Å²) in [4.78, 5) is 22.8. The van der Waals surface area contributed by atoms with Gasteiger partial charge in [-0.3, -0.25) is 4.79 Å². The van der Waals surface area contributed by atoms with Crippen LogP contribution in [0.2, 0.25) is 5.02 Å². The van der Waals surface area contributed by atoms with Gasteiger partial charge in [0.05, 0.1) is 19.8 Å². The molecule has 0 aromatic heterocycles. The van der Waals surface area contributed by atoms with Crippen LogP contribution in [0.4, 0.5) is 0 Å². The molecule has 0 saturated heterocycles. The van der Waals surface area contributed by atoms with Crippen molar-refractivity contribution in [1.29, 1.82) is 0 Å². The lowest BCUT2D eigenvalue weighted by Crippen LogP contribution is -2.18. The number of rotatable bonds is 5. The summed E-state index contributed by atoms with van der Waals surface area (Å²) < 4.78 is 14.9. The fourth-order valence-corrected chi connectivity index (χ4v) is 1.82. The van der Waals surface area contributed by atoms with Crippen molar-refractivity contribution in [3.63, 3.8) is 0 Å². The van der Waals surface area contributed by atoms with Crippen molar-refractivity contribution in [3.05, 3.63) is 40.9 Å². The monoisotopic (exact) mass is 298 g/mol. The van der Waals surface area contributed by atoms with Crippen LogP contribution in [0.3, 0.4) is 0 Å². The van der Waals surface area contributed by atoms with Gasteiger partial charge >= 0.3 is 11.9 Å². The average Bonchev–Trinajstić information content (AvgIpc) is 2.42. The average molecular weight is 299 g/mol. The molecule has 1 unspecified atom stereocenters. The van der Waals surface area contributed by atoms with E-state index in [9.17, 15) is 9.59 Å². The van der Waals surface area contributed by atoms with Crippen LogP contribution in [0.15, 0.2) is 30.4 Å². The second-order valence-electron chi connectivity index (χ2n) is 3.89. The Balaban J connectivity index is 3.29. The van der Waals surface area contributed by atoms with Crippen LogP contribution in [0.25, 0.3) is 0 Å². The molecule has 108 valence electrons. The predicted octanol–water partition coefficient (Wildman–Crippen LogP) is 2.68. The summed E-state index contributed by atoms with van der Waals surface area (Å²) in [7, 11) is 2.67. The Morgan fingerprint density at radius 1 is 1.30 bits per heavy atom. The molecule has 0 spiro atoms. The van der Waals surface area contributed by atoms with Crippen molar-refractivity contribution in [2.24, 2.45) is 0 Å². The summed E-state index contributed by atoms with van der Waals surface area (Å²) in [5.41, 5.74) is 0.397. The zero-order valence-electron chi connectivity index (χ0n) is 11.4. The maximum absolute atomic E-state index is 11.6. The summed E-state index contributed by atoms with van der Waals surface area (Å²) in [6.07, 6.45) is -1.02. The third-order valence-corrected chi connectivity index (χ3v) is 2.76. The minimum atomic E-state index is -1.02. The van der Waals surface area contributed by atoms with Crippen LogP contribution in [0, 0.1) is 0 Å². The molecular weight excluding hydrogens is 284 g/mol. The number of carbonyl (C=O) groups excluding carboxylic acids is 2. The molecule has 0 aliphatic carbocycles. The zero-order valence-corrected chi connectivity index (χ0v) is 12.2. The van der Waals surface area contributed by atoms with Crippen molar-refractivity contribution in [2.75, 3.05) is 14.2 Å². The van der Waals surface area contributed by atoms with E-state index in [0.29, 0.717) is 16.3 Å². The molecule has 1 aromatic carbocycles. The van der Waals surface area contributed by atoms with E-state index in [1.807, 2.05) is 0 Å².